The van der Waals surface area contributed by atoms with E-state index in [9.17, 15) is 22.7 Å². The van der Waals surface area contributed by atoms with Crippen molar-refractivity contribution >= 4 is 44.9 Å². The van der Waals surface area contributed by atoms with E-state index < -0.39 is 39.0 Å². The van der Waals surface area contributed by atoms with E-state index in [1.165, 1.54) is 13.2 Å². The summed E-state index contributed by atoms with van der Waals surface area (Å²) in [6.07, 6.45) is 2.96. The van der Waals surface area contributed by atoms with Gasteiger partial charge in [0.1, 0.15) is 11.6 Å². The van der Waals surface area contributed by atoms with Gasteiger partial charge in [-0.3, -0.25) is 9.78 Å². The largest absolute Gasteiger partial charge is 0.481 e. The number of sulfone groups is 1. The van der Waals surface area contributed by atoms with E-state index in [1.54, 1.807) is 24.3 Å². The van der Waals surface area contributed by atoms with Crippen LogP contribution in [0.4, 0.5) is 10.1 Å². The van der Waals surface area contributed by atoms with Crippen molar-refractivity contribution in [3.8, 4) is 5.88 Å². The third-order valence-electron chi connectivity index (χ3n) is 8.28. The number of methoxy groups -OCH3 is 1. The van der Waals surface area contributed by atoms with Gasteiger partial charge in [-0.05, 0) is 49.4 Å². The molecular weight excluding hydrogens is 563 g/mol. The minimum absolute atomic E-state index is 0. The lowest BCUT2D eigenvalue weighted by Crippen LogP contribution is -2.65. The van der Waals surface area contributed by atoms with Crippen LogP contribution in [0.25, 0.3) is 11.0 Å². The quantitative estimate of drug-likeness (QED) is 0.378. The second kappa shape index (κ2) is 10.5. The number of ether oxygens (including phenoxy) is 2. The number of carbonyl (C=O) groups is 1. The summed E-state index contributed by atoms with van der Waals surface area (Å²) in [6.45, 7) is 0.843. The first-order valence-electron chi connectivity index (χ1n) is 12.8. The Morgan fingerprint density at radius 1 is 1.23 bits per heavy atom. The van der Waals surface area contributed by atoms with Gasteiger partial charge in [0.25, 0.3) is 0 Å². The van der Waals surface area contributed by atoms with Crippen molar-refractivity contribution in [2.45, 2.75) is 60.8 Å². The molecule has 1 aromatic carbocycles. The Balaban J connectivity index is 0.00000323. The maximum absolute atomic E-state index is 14.9. The van der Waals surface area contributed by atoms with Gasteiger partial charge >= 0.3 is 0 Å². The fraction of sp³-hybridized carbons (Fsp3) is 0.444. The first kappa shape index (κ1) is 28.6. The van der Waals surface area contributed by atoms with Crippen LogP contribution < -0.4 is 15.4 Å². The standard InChI is InChI=1S/C27H29FN4O6S.ClH/c1-37-24-5-3-19-25(32-24)17(18(28)13-29-19)11-22(33)27-8-6-26(7-9-27,15-38-27)30-12-16-2-4-21-20(10-16)31-23(34)14-39(21,35)36;/h2-5,10,13,22,30,33H,6-9,11-12,14-15H2,1H3,(H,31,34);1H/t22-,26?,27?;/m0./s1. The number of aliphatic hydroxyl groups is 1. The number of rotatable bonds is 7. The smallest absolute Gasteiger partial charge is 0.239 e. The molecular formula is C27H30ClFN4O6S. The number of hydrogen-bond donors (Lipinski definition) is 3. The number of halogens is 2. The Hall–Kier alpha value is -2.90. The van der Waals surface area contributed by atoms with Crippen LogP contribution in [0.5, 0.6) is 5.88 Å². The van der Waals surface area contributed by atoms with Crippen molar-refractivity contribution in [2.75, 3.05) is 24.8 Å². The van der Waals surface area contributed by atoms with Crippen LogP contribution in [0.1, 0.15) is 36.8 Å². The number of nitrogens with zero attached hydrogens (tertiary/aromatic N) is 2. The molecule has 1 saturated carbocycles. The van der Waals surface area contributed by atoms with Crippen molar-refractivity contribution < 1.29 is 32.2 Å². The lowest BCUT2D eigenvalue weighted by molar-refractivity contribution is -0.208. The van der Waals surface area contributed by atoms with Crippen LogP contribution in [0.2, 0.25) is 0 Å². The molecule has 214 valence electrons. The van der Waals surface area contributed by atoms with Crippen molar-refractivity contribution in [3.63, 3.8) is 0 Å². The van der Waals surface area contributed by atoms with Crippen LogP contribution in [-0.4, -0.2) is 66.1 Å². The van der Waals surface area contributed by atoms with Gasteiger partial charge in [0.2, 0.25) is 11.8 Å². The molecule has 40 heavy (non-hydrogen) atoms. The van der Waals surface area contributed by atoms with E-state index in [4.69, 9.17) is 9.47 Å². The van der Waals surface area contributed by atoms with Crippen LogP contribution in [0.3, 0.4) is 0 Å². The number of carbonyl (C=O) groups excluding carboxylic acids is 1. The highest BCUT2D eigenvalue weighted by molar-refractivity contribution is 7.92. The average molecular weight is 593 g/mol. The maximum Gasteiger partial charge on any atom is 0.239 e. The number of amides is 1. The fourth-order valence-electron chi connectivity index (χ4n) is 5.93. The fourth-order valence-corrected chi connectivity index (χ4v) is 7.22. The first-order valence-corrected chi connectivity index (χ1v) is 14.5. The Morgan fingerprint density at radius 3 is 2.70 bits per heavy atom. The molecule has 13 heteroatoms. The summed E-state index contributed by atoms with van der Waals surface area (Å²) in [5, 5.41) is 17.5. The topological polar surface area (TPSA) is 140 Å². The number of nitrogens with one attached hydrogen (secondary N) is 2. The van der Waals surface area contributed by atoms with Crippen LogP contribution >= 0.6 is 12.4 Å². The summed E-state index contributed by atoms with van der Waals surface area (Å²) >= 11 is 0. The SMILES string of the molecule is COc1ccc2ncc(F)c(C[C@H](O)C34CCC(NCc5ccc6c(c5)NC(=O)CS6(=O)=O)(CC3)CO4)c2n1.Cl. The minimum atomic E-state index is -3.62. The molecule has 3 aromatic rings. The molecule has 1 amide bonds. The summed E-state index contributed by atoms with van der Waals surface area (Å²) in [6, 6.07) is 8.33. The number of benzene rings is 1. The van der Waals surface area contributed by atoms with E-state index in [2.05, 4.69) is 20.6 Å². The highest BCUT2D eigenvalue weighted by Gasteiger charge is 2.53. The number of anilines is 1. The Kier molecular flexibility index (Phi) is 7.51. The number of pyridine rings is 2. The molecule has 7 rings (SSSR count). The lowest BCUT2D eigenvalue weighted by atomic mass is 9.68. The van der Waals surface area contributed by atoms with E-state index in [0.717, 1.165) is 24.6 Å². The van der Waals surface area contributed by atoms with Crippen LogP contribution in [-0.2, 0) is 32.3 Å². The van der Waals surface area contributed by atoms with Crippen LogP contribution in [0.15, 0.2) is 41.4 Å². The van der Waals surface area contributed by atoms with Gasteiger partial charge in [0.15, 0.2) is 9.84 Å². The van der Waals surface area contributed by atoms with Crippen molar-refractivity contribution in [1.82, 2.24) is 15.3 Å². The summed E-state index contributed by atoms with van der Waals surface area (Å²) < 4.78 is 50.9. The summed E-state index contributed by atoms with van der Waals surface area (Å²) in [4.78, 5) is 20.4. The van der Waals surface area contributed by atoms with E-state index >= 15 is 0 Å². The predicted molar refractivity (Wildman–Crippen MR) is 147 cm³/mol. The van der Waals surface area contributed by atoms with Gasteiger partial charge in [-0.2, -0.15) is 0 Å². The van der Waals surface area contributed by atoms with Crippen molar-refractivity contribution in [1.29, 1.82) is 0 Å². The first-order chi connectivity index (χ1) is 18.6. The molecule has 0 spiro atoms. The Bertz CT molecular complexity index is 1560. The molecule has 1 atom stereocenters. The second-order valence-corrected chi connectivity index (χ2v) is 12.6. The summed E-state index contributed by atoms with van der Waals surface area (Å²) in [7, 11) is -2.14. The van der Waals surface area contributed by atoms with Crippen LogP contribution in [0, 0.1) is 5.82 Å². The van der Waals surface area contributed by atoms with Gasteiger partial charge < -0.3 is 25.2 Å². The van der Waals surface area contributed by atoms with Crippen molar-refractivity contribution in [2.24, 2.45) is 0 Å². The third kappa shape index (κ3) is 5.03. The van der Waals surface area contributed by atoms with Gasteiger partial charge in [-0.25, -0.2) is 17.8 Å². The molecule has 5 heterocycles. The Morgan fingerprint density at radius 2 is 2.00 bits per heavy atom. The molecule has 3 aliphatic heterocycles. The molecule has 2 bridgehead atoms. The van der Waals surface area contributed by atoms with E-state index in [0.29, 0.717) is 48.6 Å². The summed E-state index contributed by atoms with van der Waals surface area (Å²) in [5.74, 6) is -1.27. The molecule has 0 unspecified atom stereocenters. The normalized spacial score (nSPS) is 25.5. The molecule has 0 radical (unpaired) electrons. The summed E-state index contributed by atoms with van der Waals surface area (Å²) in [5.41, 5.74) is 1.23. The highest BCUT2D eigenvalue weighted by Crippen LogP contribution is 2.46. The molecule has 10 nitrogen and oxygen atoms in total. The molecule has 1 aliphatic carbocycles. The second-order valence-electron chi connectivity index (χ2n) is 10.7. The van der Waals surface area contributed by atoms with Crippen molar-refractivity contribution in [3.05, 3.63) is 53.5 Å². The zero-order valence-corrected chi connectivity index (χ0v) is 23.4. The van der Waals surface area contributed by atoms with Gasteiger partial charge in [0.05, 0.1) is 53.2 Å². The Labute approximate surface area is 237 Å². The van der Waals surface area contributed by atoms with E-state index in [-0.39, 0.29) is 34.8 Å². The number of hydrogen-bond acceptors (Lipinski definition) is 9. The van der Waals surface area contributed by atoms with Gasteiger partial charge in [-0.1, -0.05) is 6.07 Å². The average Bonchev–Trinajstić information content (AvgIpc) is 2.93. The van der Waals surface area contributed by atoms with Gasteiger partial charge in [-0.15, -0.1) is 12.4 Å². The molecule has 4 aliphatic rings. The monoisotopic (exact) mass is 592 g/mol. The lowest BCUT2D eigenvalue weighted by Gasteiger charge is -2.55. The maximum atomic E-state index is 14.9. The number of aliphatic hydroxyl groups excluding tert-OH is 1. The van der Waals surface area contributed by atoms with Gasteiger partial charge in [0, 0.05) is 30.1 Å². The predicted octanol–water partition coefficient (Wildman–Crippen LogP) is 2.70. The third-order valence-corrected chi connectivity index (χ3v) is 9.95. The molecule has 3 N–H and O–H groups in total. The zero-order valence-electron chi connectivity index (χ0n) is 21.8. The highest BCUT2D eigenvalue weighted by atomic mass is 35.5. The van der Waals surface area contributed by atoms with E-state index in [1.807, 2.05) is 0 Å². The molecule has 2 aromatic heterocycles. The molecule has 3 fully saturated rings. The number of aromatic nitrogens is 2. The molecule has 2 saturated heterocycles. The minimum Gasteiger partial charge on any atom is -0.481 e. The zero-order chi connectivity index (χ0) is 27.4. The number of fused-ring (bicyclic) bond motifs is 5.